The Morgan fingerprint density at radius 2 is 1.59 bits per heavy atom. The number of aromatic nitrogens is 4. The van der Waals surface area contributed by atoms with E-state index >= 15 is 0 Å². The zero-order valence-corrected chi connectivity index (χ0v) is 39.5. The Labute approximate surface area is 405 Å². The molecular weight excluding hydrogens is 933 g/mol. The molecule has 1 unspecified atom stereocenters. The molecular formula is C48H47Cl2N9O10. The molecule has 3 aliphatic rings. The number of methoxy groups -OCH3 is 1. The molecule has 6 heterocycles. The fourth-order valence-corrected chi connectivity index (χ4v) is 9.17. The summed E-state index contributed by atoms with van der Waals surface area (Å²) in [5.74, 6) is -3.40. The van der Waals surface area contributed by atoms with Crippen LogP contribution in [0.4, 0.5) is 5.69 Å². The first-order valence-corrected chi connectivity index (χ1v) is 23.0. The maximum absolute atomic E-state index is 14.5. The number of carbonyl (C=O) groups is 7. The molecule has 69 heavy (non-hydrogen) atoms. The van der Waals surface area contributed by atoms with E-state index in [1.165, 1.54) is 53.2 Å². The topological polar surface area (TPSA) is 233 Å². The van der Waals surface area contributed by atoms with Crippen LogP contribution in [-0.4, -0.2) is 98.2 Å². The number of aryl methyl sites for hydroxylation is 1. The fourth-order valence-electron chi connectivity index (χ4n) is 8.79. The van der Waals surface area contributed by atoms with Gasteiger partial charge in [0.2, 0.25) is 17.7 Å². The van der Waals surface area contributed by atoms with Gasteiger partial charge in [-0.15, -0.1) is 0 Å². The second-order valence-corrected chi connectivity index (χ2v) is 17.8. The van der Waals surface area contributed by atoms with Crippen molar-refractivity contribution < 1.29 is 43.0 Å². The lowest BCUT2D eigenvalue weighted by molar-refractivity contribution is -0.136. The van der Waals surface area contributed by atoms with Gasteiger partial charge >= 0.3 is 0 Å². The fraction of sp³-hybridized carbons (Fsp3) is 0.333. The molecule has 0 bridgehead atoms. The summed E-state index contributed by atoms with van der Waals surface area (Å²) in [6.45, 7) is 4.15. The van der Waals surface area contributed by atoms with Gasteiger partial charge in [-0.3, -0.25) is 53.5 Å². The van der Waals surface area contributed by atoms with Crippen molar-refractivity contribution in [3.8, 4) is 23.0 Å². The third kappa shape index (κ3) is 9.43. The van der Waals surface area contributed by atoms with Crippen molar-refractivity contribution in [2.45, 2.75) is 70.5 Å². The van der Waals surface area contributed by atoms with E-state index in [1.54, 1.807) is 37.4 Å². The van der Waals surface area contributed by atoms with Crippen molar-refractivity contribution in [1.29, 1.82) is 0 Å². The number of anilines is 1. The predicted molar refractivity (Wildman–Crippen MR) is 252 cm³/mol. The molecule has 358 valence electrons. The SMILES string of the molecule is COc1ncc(C(=O)NCCCCCCNC(=O)COc2cccc3c2C(=O)N(C2CCC(=O)NC2=O)C3=O)cc1-c1nc2c(n1C(C)C)[C@H](c1ccc(Cl)cc1)N(c1cc(Cl)cn(C)c1=O)C2=O. The molecule has 0 spiro atoms. The van der Waals surface area contributed by atoms with Crippen molar-refractivity contribution in [3.05, 3.63) is 121 Å². The van der Waals surface area contributed by atoms with Gasteiger partial charge in [-0.05, 0) is 75.1 Å². The summed E-state index contributed by atoms with van der Waals surface area (Å²) in [6.07, 6.45) is 5.64. The Balaban J connectivity index is 0.863. The van der Waals surface area contributed by atoms with E-state index in [-0.39, 0.29) is 69.5 Å². The molecule has 0 radical (unpaired) electrons. The number of hydrogen-bond donors (Lipinski definition) is 3. The Morgan fingerprint density at radius 1 is 0.870 bits per heavy atom. The normalized spacial score (nSPS) is 16.5. The first kappa shape index (κ1) is 48.1. The largest absolute Gasteiger partial charge is 0.483 e. The lowest BCUT2D eigenvalue weighted by Gasteiger charge is -2.28. The highest BCUT2D eigenvalue weighted by molar-refractivity contribution is 6.31. The number of piperidine rings is 1. The molecule has 0 aliphatic carbocycles. The third-order valence-electron chi connectivity index (χ3n) is 12.0. The van der Waals surface area contributed by atoms with Crippen molar-refractivity contribution >= 4 is 70.2 Å². The molecule has 1 saturated heterocycles. The molecule has 19 nitrogen and oxygen atoms in total. The minimum absolute atomic E-state index is 0.0100. The van der Waals surface area contributed by atoms with Gasteiger partial charge in [0.15, 0.2) is 12.3 Å². The van der Waals surface area contributed by atoms with Crippen LogP contribution in [-0.2, 0) is 21.4 Å². The average Bonchev–Trinajstić information content (AvgIpc) is 3.94. The highest BCUT2D eigenvalue weighted by Gasteiger charge is 2.47. The number of rotatable bonds is 17. The second kappa shape index (κ2) is 20.1. The van der Waals surface area contributed by atoms with Crippen molar-refractivity contribution in [1.82, 2.24) is 40.0 Å². The van der Waals surface area contributed by atoms with Gasteiger partial charge in [-0.1, -0.05) is 54.2 Å². The van der Waals surface area contributed by atoms with Crippen LogP contribution < -0.4 is 35.9 Å². The number of benzene rings is 2. The number of pyridine rings is 2. The van der Waals surface area contributed by atoms with Gasteiger partial charge in [0.1, 0.15) is 29.3 Å². The summed E-state index contributed by atoms with van der Waals surface area (Å²) >= 11 is 12.7. The van der Waals surface area contributed by atoms with Gasteiger partial charge in [0, 0.05) is 50.0 Å². The average molecular weight is 981 g/mol. The molecule has 3 N–H and O–H groups in total. The van der Waals surface area contributed by atoms with Gasteiger partial charge in [-0.25, -0.2) is 9.97 Å². The Bertz CT molecular complexity index is 2990. The number of carbonyl (C=O) groups excluding carboxylic acids is 7. The Morgan fingerprint density at radius 3 is 2.29 bits per heavy atom. The van der Waals surface area contributed by atoms with E-state index in [1.807, 2.05) is 18.4 Å². The summed E-state index contributed by atoms with van der Waals surface area (Å²) in [5.41, 5.74) is 1.57. The van der Waals surface area contributed by atoms with E-state index in [0.717, 1.165) is 17.7 Å². The number of hydrogen-bond acceptors (Lipinski definition) is 12. The minimum Gasteiger partial charge on any atom is -0.483 e. The lowest BCUT2D eigenvalue weighted by atomic mass is 10.0. The molecule has 5 aromatic rings. The van der Waals surface area contributed by atoms with E-state index in [2.05, 4.69) is 20.9 Å². The van der Waals surface area contributed by atoms with Crippen molar-refractivity contribution in [3.63, 3.8) is 0 Å². The number of imide groups is 2. The maximum atomic E-state index is 14.5. The molecule has 1 fully saturated rings. The van der Waals surface area contributed by atoms with Crippen LogP contribution in [0, 0.1) is 0 Å². The number of ether oxygens (including phenoxy) is 2. The van der Waals surface area contributed by atoms with E-state index < -0.39 is 59.7 Å². The van der Waals surface area contributed by atoms with Crippen LogP contribution in [0.2, 0.25) is 10.0 Å². The monoisotopic (exact) mass is 979 g/mol. The molecule has 8 rings (SSSR count). The molecule has 3 aromatic heterocycles. The molecule has 2 atom stereocenters. The number of unbranched alkanes of at least 4 members (excludes halogenated alkanes) is 3. The van der Waals surface area contributed by atoms with Gasteiger partial charge in [0.25, 0.3) is 35.1 Å². The molecule has 21 heteroatoms. The van der Waals surface area contributed by atoms with Crippen LogP contribution in [0.25, 0.3) is 11.4 Å². The summed E-state index contributed by atoms with van der Waals surface area (Å²) in [4.78, 5) is 116. The zero-order chi connectivity index (χ0) is 49.3. The number of nitrogens with zero attached hydrogens (tertiary/aromatic N) is 6. The van der Waals surface area contributed by atoms with Crippen LogP contribution in [0.5, 0.6) is 11.6 Å². The van der Waals surface area contributed by atoms with Crippen LogP contribution >= 0.6 is 23.2 Å². The smallest absolute Gasteiger partial charge is 0.279 e. The van der Waals surface area contributed by atoms with Crippen LogP contribution in [0.1, 0.15) is 117 Å². The van der Waals surface area contributed by atoms with Gasteiger partial charge in [-0.2, -0.15) is 0 Å². The first-order chi connectivity index (χ1) is 33.1. The van der Waals surface area contributed by atoms with E-state index in [9.17, 15) is 38.4 Å². The highest BCUT2D eigenvalue weighted by Crippen LogP contribution is 2.45. The van der Waals surface area contributed by atoms with Crippen molar-refractivity contribution in [2.24, 2.45) is 7.05 Å². The molecule has 0 saturated carbocycles. The number of imidazole rings is 1. The number of nitrogens with one attached hydrogen (secondary N) is 3. The van der Waals surface area contributed by atoms with Gasteiger partial charge in [0.05, 0.1) is 40.1 Å². The van der Waals surface area contributed by atoms with E-state index in [0.29, 0.717) is 53.6 Å². The highest BCUT2D eigenvalue weighted by atomic mass is 35.5. The molecule has 3 aliphatic heterocycles. The van der Waals surface area contributed by atoms with Crippen molar-refractivity contribution in [2.75, 3.05) is 31.7 Å². The first-order valence-electron chi connectivity index (χ1n) is 22.2. The zero-order valence-electron chi connectivity index (χ0n) is 38.0. The standard InChI is InChI=1S/C48H47Cl2N9O10/c1-25(2)57-40-38(48(67)58(33-21-29(50)23-56(3)46(33)65)39(40)26-12-14-28(49)15-13-26)55-41(57)31-20-27(22-53-44(31)68-4)42(62)52-19-8-6-5-7-18-51-36(61)24-69-34-11-9-10-30-37(34)47(66)59(45(30)64)32-16-17-35(60)54-43(32)63/h9-15,20-23,25,32,39H,5-8,16-19,24H2,1-4H3,(H,51,61)(H,52,62)(H,54,60,63)/t32?,39-/m0/s1. The van der Waals surface area contributed by atoms with Gasteiger partial charge < -0.3 is 29.2 Å². The summed E-state index contributed by atoms with van der Waals surface area (Å²) in [6, 6.07) is 12.3. The summed E-state index contributed by atoms with van der Waals surface area (Å²) in [7, 11) is 3.00. The lowest BCUT2D eigenvalue weighted by Crippen LogP contribution is -2.54. The third-order valence-corrected chi connectivity index (χ3v) is 12.5. The summed E-state index contributed by atoms with van der Waals surface area (Å²) < 4.78 is 14.5. The number of amides is 7. The Kier molecular flexibility index (Phi) is 14.0. The second-order valence-electron chi connectivity index (χ2n) is 16.9. The van der Waals surface area contributed by atoms with Crippen LogP contribution in [0.3, 0.4) is 0 Å². The Hall–Kier alpha value is -7.38. The predicted octanol–water partition coefficient (Wildman–Crippen LogP) is 5.18. The summed E-state index contributed by atoms with van der Waals surface area (Å²) in [5, 5.41) is 8.62. The minimum atomic E-state index is -1.13. The molecule has 2 aromatic carbocycles. The van der Waals surface area contributed by atoms with Crippen LogP contribution in [0.15, 0.2) is 71.8 Å². The maximum Gasteiger partial charge on any atom is 0.279 e. The van der Waals surface area contributed by atoms with E-state index in [4.69, 9.17) is 37.7 Å². The molecule has 7 amide bonds. The number of fused-ring (bicyclic) bond motifs is 2. The number of halogens is 2. The quantitative estimate of drug-likeness (QED) is 0.0809.